The highest BCUT2D eigenvalue weighted by atomic mass is 32.2. The van der Waals surface area contributed by atoms with Crippen molar-refractivity contribution in [2.24, 2.45) is 0 Å². The normalized spacial score (nSPS) is 10.8. The van der Waals surface area contributed by atoms with Crippen LogP contribution < -0.4 is 4.90 Å². The monoisotopic (exact) mass is 433 g/mol. The maximum atomic E-state index is 14.7. The summed E-state index contributed by atoms with van der Waals surface area (Å²) in [4.78, 5) is 18.7. The lowest BCUT2D eigenvalue weighted by atomic mass is 10.2. The Hall–Kier alpha value is -3.52. The van der Waals surface area contributed by atoms with Crippen molar-refractivity contribution in [3.8, 4) is 17.1 Å². The van der Waals surface area contributed by atoms with Crippen LogP contribution in [-0.2, 0) is 4.79 Å². The molecule has 6 nitrogen and oxygen atoms in total. The van der Waals surface area contributed by atoms with E-state index in [1.807, 2.05) is 43.3 Å². The molecule has 31 heavy (non-hydrogen) atoms. The number of para-hydroxylation sites is 2. The second-order valence-electron chi connectivity index (χ2n) is 6.60. The number of hydrogen-bond donors (Lipinski definition) is 0. The summed E-state index contributed by atoms with van der Waals surface area (Å²) in [6.45, 7) is 2.47. The Morgan fingerprint density at radius 1 is 1.03 bits per heavy atom. The molecule has 2 aromatic heterocycles. The third-order valence-electron chi connectivity index (χ3n) is 4.66. The van der Waals surface area contributed by atoms with E-state index in [4.69, 9.17) is 0 Å². The molecule has 0 saturated carbocycles. The molecule has 0 N–H and O–H groups in total. The SMILES string of the molecule is CCN(C(=O)CSc1nnc(-c2cccnc2)n1-c1ccccc1F)c1ccccc1. The first-order valence-corrected chi connectivity index (χ1v) is 10.8. The number of carbonyl (C=O) groups excluding carboxylic acids is 1. The van der Waals surface area contributed by atoms with Crippen molar-refractivity contribution < 1.29 is 9.18 Å². The topological polar surface area (TPSA) is 63.9 Å². The van der Waals surface area contributed by atoms with E-state index in [1.54, 1.807) is 46.1 Å². The Balaban J connectivity index is 1.65. The van der Waals surface area contributed by atoms with Gasteiger partial charge in [-0.25, -0.2) is 4.39 Å². The van der Waals surface area contributed by atoms with Gasteiger partial charge >= 0.3 is 0 Å². The van der Waals surface area contributed by atoms with Crippen LogP contribution in [0.5, 0.6) is 0 Å². The van der Waals surface area contributed by atoms with Gasteiger partial charge < -0.3 is 4.90 Å². The molecule has 0 fully saturated rings. The van der Waals surface area contributed by atoms with Crippen molar-refractivity contribution in [3.05, 3.63) is 84.9 Å². The molecule has 2 heterocycles. The Morgan fingerprint density at radius 2 is 1.81 bits per heavy atom. The van der Waals surface area contributed by atoms with Gasteiger partial charge in [-0.15, -0.1) is 10.2 Å². The van der Waals surface area contributed by atoms with Gasteiger partial charge in [-0.05, 0) is 43.3 Å². The molecular formula is C23H20FN5OS. The highest BCUT2D eigenvalue weighted by Crippen LogP contribution is 2.29. The molecule has 4 rings (SSSR count). The van der Waals surface area contributed by atoms with Gasteiger partial charge in [-0.3, -0.25) is 14.3 Å². The summed E-state index contributed by atoms with van der Waals surface area (Å²) in [5.41, 5.74) is 1.86. The summed E-state index contributed by atoms with van der Waals surface area (Å²) in [5.74, 6) is 0.135. The van der Waals surface area contributed by atoms with Crippen LogP contribution in [0.15, 0.2) is 84.3 Å². The van der Waals surface area contributed by atoms with Crippen LogP contribution in [-0.4, -0.2) is 38.0 Å². The number of hydrogen-bond acceptors (Lipinski definition) is 5. The zero-order valence-corrected chi connectivity index (χ0v) is 17.7. The number of anilines is 1. The van der Waals surface area contributed by atoms with Crippen LogP contribution in [0, 0.1) is 5.82 Å². The molecule has 8 heteroatoms. The molecule has 156 valence electrons. The molecule has 0 aliphatic rings. The quantitative estimate of drug-likeness (QED) is 0.398. The first-order valence-electron chi connectivity index (χ1n) is 9.78. The van der Waals surface area contributed by atoms with E-state index in [1.165, 1.54) is 17.8 Å². The predicted octanol–water partition coefficient (Wildman–Crippen LogP) is 4.61. The maximum Gasteiger partial charge on any atom is 0.237 e. The van der Waals surface area contributed by atoms with E-state index >= 15 is 0 Å². The van der Waals surface area contributed by atoms with Crippen molar-refractivity contribution in [1.82, 2.24) is 19.7 Å². The average molecular weight is 434 g/mol. The molecule has 0 radical (unpaired) electrons. The Bertz CT molecular complexity index is 1170. The third-order valence-corrected chi connectivity index (χ3v) is 5.57. The molecule has 2 aromatic carbocycles. The zero-order chi connectivity index (χ0) is 21.6. The fraction of sp³-hybridized carbons (Fsp3) is 0.130. The standard InChI is InChI=1S/C23H20FN5OS/c1-2-28(18-10-4-3-5-11-18)21(30)16-31-23-27-26-22(17-9-8-14-25-15-17)29(23)20-13-7-6-12-19(20)24/h3-15H,2,16H2,1H3. The van der Waals surface area contributed by atoms with Gasteiger partial charge in [0.25, 0.3) is 0 Å². The first-order chi connectivity index (χ1) is 15.2. The van der Waals surface area contributed by atoms with Crippen LogP contribution in [0.3, 0.4) is 0 Å². The van der Waals surface area contributed by atoms with E-state index in [0.717, 1.165) is 5.69 Å². The minimum Gasteiger partial charge on any atom is -0.312 e. The van der Waals surface area contributed by atoms with Gasteiger partial charge in [-0.1, -0.05) is 42.1 Å². The summed E-state index contributed by atoms with van der Waals surface area (Å²) in [7, 11) is 0. The Labute approximate surface area is 183 Å². The average Bonchev–Trinajstić information content (AvgIpc) is 3.23. The minimum atomic E-state index is -0.403. The number of nitrogens with zero attached hydrogens (tertiary/aromatic N) is 5. The van der Waals surface area contributed by atoms with Crippen LogP contribution in [0.2, 0.25) is 0 Å². The predicted molar refractivity (Wildman–Crippen MR) is 120 cm³/mol. The number of benzene rings is 2. The van der Waals surface area contributed by atoms with Crippen molar-refractivity contribution in [3.63, 3.8) is 0 Å². The summed E-state index contributed by atoms with van der Waals surface area (Å²) < 4.78 is 16.3. The minimum absolute atomic E-state index is 0.0651. The number of rotatable bonds is 7. The van der Waals surface area contributed by atoms with Crippen LogP contribution in [0.1, 0.15) is 6.92 Å². The van der Waals surface area contributed by atoms with E-state index in [0.29, 0.717) is 28.8 Å². The van der Waals surface area contributed by atoms with E-state index in [2.05, 4.69) is 15.2 Å². The van der Waals surface area contributed by atoms with Crippen molar-refractivity contribution in [1.29, 1.82) is 0 Å². The molecule has 4 aromatic rings. The molecule has 1 amide bonds. The summed E-state index contributed by atoms with van der Waals surface area (Å²) in [6, 6.07) is 19.5. The van der Waals surface area contributed by atoms with Gasteiger partial charge in [0.1, 0.15) is 5.82 Å². The van der Waals surface area contributed by atoms with Crippen LogP contribution in [0.4, 0.5) is 10.1 Å². The second-order valence-corrected chi connectivity index (χ2v) is 7.54. The number of carbonyl (C=O) groups is 1. The second kappa shape index (κ2) is 9.53. The van der Waals surface area contributed by atoms with Crippen molar-refractivity contribution in [2.45, 2.75) is 12.1 Å². The van der Waals surface area contributed by atoms with Gasteiger partial charge in [0, 0.05) is 30.2 Å². The number of amides is 1. The van der Waals surface area contributed by atoms with Crippen molar-refractivity contribution >= 4 is 23.4 Å². The lowest BCUT2D eigenvalue weighted by Crippen LogP contribution is -2.32. The first kappa shape index (κ1) is 20.7. The number of halogens is 1. The molecule has 0 unspecified atom stereocenters. The van der Waals surface area contributed by atoms with Gasteiger partial charge in [0.2, 0.25) is 5.91 Å². The van der Waals surface area contributed by atoms with Gasteiger partial charge in [0.15, 0.2) is 11.0 Å². The smallest absolute Gasteiger partial charge is 0.237 e. The lowest BCUT2D eigenvalue weighted by molar-refractivity contribution is -0.116. The highest BCUT2D eigenvalue weighted by Gasteiger charge is 2.21. The van der Waals surface area contributed by atoms with Crippen LogP contribution >= 0.6 is 11.8 Å². The molecule has 0 aliphatic heterocycles. The molecule has 0 saturated heterocycles. The number of thioether (sulfide) groups is 1. The molecular weight excluding hydrogens is 413 g/mol. The summed E-state index contributed by atoms with van der Waals surface area (Å²) >= 11 is 1.22. The highest BCUT2D eigenvalue weighted by molar-refractivity contribution is 7.99. The third kappa shape index (κ3) is 4.49. The number of aromatic nitrogens is 4. The van der Waals surface area contributed by atoms with E-state index in [9.17, 15) is 9.18 Å². The molecule has 0 bridgehead atoms. The van der Waals surface area contributed by atoms with Crippen LogP contribution in [0.25, 0.3) is 17.1 Å². The molecule has 0 atom stereocenters. The number of pyridine rings is 1. The Kier molecular flexibility index (Phi) is 6.37. The lowest BCUT2D eigenvalue weighted by Gasteiger charge is -2.20. The van der Waals surface area contributed by atoms with E-state index in [-0.39, 0.29) is 11.7 Å². The summed E-state index contributed by atoms with van der Waals surface area (Å²) in [6.07, 6.45) is 3.31. The van der Waals surface area contributed by atoms with Gasteiger partial charge in [0.05, 0.1) is 11.4 Å². The zero-order valence-electron chi connectivity index (χ0n) is 16.9. The molecule has 0 spiro atoms. The maximum absolute atomic E-state index is 14.7. The molecule has 0 aliphatic carbocycles. The summed E-state index contributed by atoms with van der Waals surface area (Å²) in [5, 5.41) is 8.95. The fourth-order valence-corrected chi connectivity index (χ4v) is 4.03. The van der Waals surface area contributed by atoms with Crippen molar-refractivity contribution in [2.75, 3.05) is 17.2 Å². The van der Waals surface area contributed by atoms with E-state index < -0.39 is 5.82 Å². The van der Waals surface area contributed by atoms with Gasteiger partial charge in [-0.2, -0.15) is 0 Å². The fourth-order valence-electron chi connectivity index (χ4n) is 3.21. The largest absolute Gasteiger partial charge is 0.312 e. The Morgan fingerprint density at radius 3 is 2.52 bits per heavy atom.